The third-order valence-electron chi connectivity index (χ3n) is 6.86. The van der Waals surface area contributed by atoms with Crippen LogP contribution in [0.4, 0.5) is 13.2 Å². The molecule has 3 aliphatic rings. The number of aromatic hydroxyl groups is 1. The molecule has 1 aliphatic carbocycles. The largest absolute Gasteiger partial charge is 0.502 e. The molecule has 178 valence electrons. The molecule has 0 radical (unpaired) electrons. The summed E-state index contributed by atoms with van der Waals surface area (Å²) in [6.07, 6.45) is 7.62. The van der Waals surface area contributed by atoms with E-state index in [0.29, 0.717) is 12.1 Å². The second kappa shape index (κ2) is 7.64. The molecular weight excluding hydrogens is 453 g/mol. The monoisotopic (exact) mass is 474 g/mol. The van der Waals surface area contributed by atoms with Crippen LogP contribution in [0, 0.1) is 17.5 Å². The lowest BCUT2D eigenvalue weighted by Gasteiger charge is -2.52. The summed E-state index contributed by atoms with van der Waals surface area (Å²) in [6, 6.07) is 0.697. The smallest absolute Gasteiger partial charge is 0.278 e. The number of pyridine rings is 1. The van der Waals surface area contributed by atoms with Gasteiger partial charge in [-0.3, -0.25) is 24.1 Å². The van der Waals surface area contributed by atoms with Gasteiger partial charge in [-0.05, 0) is 26.2 Å². The lowest BCUT2D eigenvalue weighted by molar-refractivity contribution is 0.0611. The molecule has 2 bridgehead atoms. The molecule has 3 heterocycles. The van der Waals surface area contributed by atoms with Crippen molar-refractivity contribution >= 4 is 11.8 Å². The molecule has 2 aromatic rings. The minimum absolute atomic E-state index is 0.190. The highest BCUT2D eigenvalue weighted by Gasteiger charge is 2.48. The Morgan fingerprint density at radius 1 is 1.21 bits per heavy atom. The number of rotatable bonds is 3. The number of amides is 2. The molecule has 0 saturated heterocycles. The number of halogens is 3. The van der Waals surface area contributed by atoms with Crippen LogP contribution in [-0.2, 0) is 6.54 Å². The third-order valence-corrected chi connectivity index (χ3v) is 6.86. The van der Waals surface area contributed by atoms with Crippen molar-refractivity contribution in [1.29, 1.82) is 0 Å². The number of carbonyl (C=O) groups excluding carboxylic acids is 2. The van der Waals surface area contributed by atoms with Crippen molar-refractivity contribution in [3.63, 3.8) is 0 Å². The SMILES string of the molecule is C[C@H]1C=CC2(CCC2)N2CN1C(=O)c1c(O)c(=O)c(C(=O)NCc3c(F)cc(F)cc3F)cn12. The maximum absolute atomic E-state index is 13.9. The zero-order chi connectivity index (χ0) is 24.4. The predicted molar refractivity (Wildman–Crippen MR) is 114 cm³/mol. The van der Waals surface area contributed by atoms with Gasteiger partial charge in [-0.25, -0.2) is 13.2 Å². The lowest BCUT2D eigenvalue weighted by atomic mass is 9.76. The summed E-state index contributed by atoms with van der Waals surface area (Å²) in [4.78, 5) is 40.3. The fourth-order valence-corrected chi connectivity index (χ4v) is 4.70. The van der Waals surface area contributed by atoms with Crippen LogP contribution in [0.2, 0.25) is 0 Å². The maximum atomic E-state index is 13.9. The van der Waals surface area contributed by atoms with E-state index in [0.717, 1.165) is 19.3 Å². The van der Waals surface area contributed by atoms with Gasteiger partial charge in [0.15, 0.2) is 11.4 Å². The van der Waals surface area contributed by atoms with Crippen LogP contribution < -0.4 is 15.8 Å². The van der Waals surface area contributed by atoms with E-state index < -0.39 is 63.7 Å². The van der Waals surface area contributed by atoms with E-state index in [1.54, 1.807) is 0 Å². The van der Waals surface area contributed by atoms with Crippen molar-refractivity contribution in [2.24, 2.45) is 0 Å². The zero-order valence-corrected chi connectivity index (χ0v) is 18.1. The minimum Gasteiger partial charge on any atom is -0.502 e. The molecule has 11 heteroatoms. The van der Waals surface area contributed by atoms with Gasteiger partial charge in [-0.15, -0.1) is 0 Å². The predicted octanol–water partition coefficient (Wildman–Crippen LogP) is 2.13. The molecule has 2 amide bonds. The Kier molecular flexibility index (Phi) is 4.96. The summed E-state index contributed by atoms with van der Waals surface area (Å²) in [6.45, 7) is 1.37. The van der Waals surface area contributed by atoms with Gasteiger partial charge in [-0.1, -0.05) is 12.2 Å². The first-order valence-corrected chi connectivity index (χ1v) is 10.8. The van der Waals surface area contributed by atoms with Gasteiger partial charge >= 0.3 is 0 Å². The number of aromatic nitrogens is 1. The Morgan fingerprint density at radius 3 is 2.50 bits per heavy atom. The summed E-state index contributed by atoms with van der Waals surface area (Å²) in [5.41, 5.74) is -2.84. The van der Waals surface area contributed by atoms with Crippen molar-refractivity contribution in [3.05, 3.63) is 75.0 Å². The molecule has 5 rings (SSSR count). The quantitative estimate of drug-likeness (QED) is 0.665. The van der Waals surface area contributed by atoms with Gasteiger partial charge in [0.1, 0.15) is 29.7 Å². The second-order valence-corrected chi connectivity index (χ2v) is 8.82. The van der Waals surface area contributed by atoms with Crippen LogP contribution in [0.1, 0.15) is 52.6 Å². The first-order valence-electron chi connectivity index (χ1n) is 10.8. The summed E-state index contributed by atoms with van der Waals surface area (Å²) in [5, 5.41) is 14.7. The summed E-state index contributed by atoms with van der Waals surface area (Å²) >= 11 is 0. The van der Waals surface area contributed by atoms with Gasteiger partial charge in [0.05, 0.1) is 5.54 Å². The van der Waals surface area contributed by atoms with Crippen LogP contribution in [0.3, 0.4) is 0 Å². The number of hydrogen-bond donors (Lipinski definition) is 2. The van der Waals surface area contributed by atoms with Crippen LogP contribution in [0.5, 0.6) is 5.75 Å². The Morgan fingerprint density at radius 2 is 1.88 bits per heavy atom. The normalized spacial score (nSPS) is 20.1. The zero-order valence-electron chi connectivity index (χ0n) is 18.1. The van der Waals surface area contributed by atoms with Crippen LogP contribution in [-0.4, -0.2) is 44.7 Å². The van der Waals surface area contributed by atoms with Crippen molar-refractivity contribution in [2.45, 2.75) is 44.3 Å². The fraction of sp³-hybridized carbons (Fsp3) is 0.348. The lowest BCUT2D eigenvalue weighted by Crippen LogP contribution is -2.65. The maximum Gasteiger partial charge on any atom is 0.278 e. The number of nitrogens with one attached hydrogen (secondary N) is 1. The average molecular weight is 474 g/mol. The Bertz CT molecular complexity index is 1300. The van der Waals surface area contributed by atoms with Gasteiger partial charge in [-0.2, -0.15) is 0 Å². The molecule has 2 N–H and O–H groups in total. The van der Waals surface area contributed by atoms with E-state index in [-0.39, 0.29) is 18.4 Å². The Labute approximate surface area is 191 Å². The molecule has 1 aromatic heterocycles. The summed E-state index contributed by atoms with van der Waals surface area (Å²) in [5.74, 6) is -5.92. The first-order chi connectivity index (χ1) is 16.1. The van der Waals surface area contributed by atoms with Gasteiger partial charge in [0.2, 0.25) is 5.43 Å². The number of hydrogen-bond acceptors (Lipinski definition) is 5. The van der Waals surface area contributed by atoms with E-state index >= 15 is 0 Å². The van der Waals surface area contributed by atoms with E-state index in [1.165, 1.54) is 15.8 Å². The van der Waals surface area contributed by atoms with Gasteiger partial charge in [0, 0.05) is 36.5 Å². The Balaban J connectivity index is 1.54. The number of nitrogens with zero attached hydrogens (tertiary/aromatic N) is 3. The topological polar surface area (TPSA) is 94.9 Å². The standard InChI is InChI=1S/C23H21F3N4O4/c1-12-3-6-23(4-2-5-23)30-11-28(12)22(34)18-20(32)19(31)15(10-29(18)30)21(33)27-9-14-16(25)7-13(24)8-17(14)26/h3,6-8,10,12,32H,2,4-5,9,11H2,1H3,(H,27,33)/t12-/m0/s1. The third kappa shape index (κ3) is 3.17. The molecule has 34 heavy (non-hydrogen) atoms. The summed E-state index contributed by atoms with van der Waals surface area (Å²) in [7, 11) is 0. The molecule has 1 aromatic carbocycles. The average Bonchev–Trinajstić information content (AvgIpc) is 2.88. The molecular formula is C23H21F3N4O4. The van der Waals surface area contributed by atoms with Crippen LogP contribution in [0.25, 0.3) is 0 Å². The van der Waals surface area contributed by atoms with E-state index in [1.807, 2.05) is 24.1 Å². The minimum atomic E-state index is -1.19. The van der Waals surface area contributed by atoms with Gasteiger partial charge in [0.25, 0.3) is 11.8 Å². The van der Waals surface area contributed by atoms with E-state index in [2.05, 4.69) is 5.32 Å². The molecule has 1 spiro atoms. The van der Waals surface area contributed by atoms with Crippen molar-refractivity contribution in [3.8, 4) is 5.75 Å². The number of fused-ring (bicyclic) bond motifs is 5. The molecule has 2 aliphatic heterocycles. The molecule has 1 atom stereocenters. The highest BCUT2D eigenvalue weighted by Crippen LogP contribution is 2.42. The number of benzene rings is 1. The first kappa shape index (κ1) is 22.1. The van der Waals surface area contributed by atoms with Crippen LogP contribution in [0.15, 0.2) is 35.3 Å². The highest BCUT2D eigenvalue weighted by molar-refractivity contribution is 5.99. The van der Waals surface area contributed by atoms with E-state index in [4.69, 9.17) is 0 Å². The van der Waals surface area contributed by atoms with Crippen LogP contribution >= 0.6 is 0 Å². The van der Waals surface area contributed by atoms with Crippen molar-refractivity contribution in [1.82, 2.24) is 14.9 Å². The molecule has 0 unspecified atom stereocenters. The van der Waals surface area contributed by atoms with Gasteiger partial charge < -0.3 is 15.3 Å². The summed E-state index contributed by atoms with van der Waals surface area (Å²) < 4.78 is 42.3. The van der Waals surface area contributed by atoms with Crippen molar-refractivity contribution < 1.29 is 27.9 Å². The fourth-order valence-electron chi connectivity index (χ4n) is 4.70. The van der Waals surface area contributed by atoms with E-state index in [9.17, 15) is 32.7 Å². The molecule has 1 saturated carbocycles. The molecule has 8 nitrogen and oxygen atoms in total. The Hall–Kier alpha value is -3.76. The highest BCUT2D eigenvalue weighted by atomic mass is 19.1. The number of carbonyl (C=O) groups is 2. The molecule has 1 fully saturated rings. The van der Waals surface area contributed by atoms with Crippen molar-refractivity contribution in [2.75, 3.05) is 11.7 Å². The second-order valence-electron chi connectivity index (χ2n) is 8.82.